The predicted octanol–water partition coefficient (Wildman–Crippen LogP) is 6.48. The van der Waals surface area contributed by atoms with Crippen molar-refractivity contribution in [2.24, 2.45) is 5.92 Å². The summed E-state index contributed by atoms with van der Waals surface area (Å²) in [5, 5.41) is 7.13. The van der Waals surface area contributed by atoms with E-state index in [2.05, 4.69) is 20.4 Å². The van der Waals surface area contributed by atoms with Crippen molar-refractivity contribution in [1.29, 1.82) is 0 Å². The lowest BCUT2D eigenvalue weighted by atomic mass is 10.1. The van der Waals surface area contributed by atoms with E-state index >= 15 is 0 Å². The number of halogens is 3. The van der Waals surface area contributed by atoms with Crippen LogP contribution in [0.2, 0.25) is 0 Å². The highest BCUT2D eigenvalue weighted by atomic mass is 19.4. The number of carbonyl (C=O) groups is 1. The molecule has 1 amide bonds. The maximum atomic E-state index is 13.0. The lowest BCUT2D eigenvalue weighted by molar-refractivity contribution is -0.141. The fourth-order valence-corrected chi connectivity index (χ4v) is 4.55. The van der Waals surface area contributed by atoms with Gasteiger partial charge >= 0.3 is 6.18 Å². The molecule has 1 aromatic carbocycles. The molecule has 1 aliphatic carbocycles. The maximum absolute atomic E-state index is 13.0. The van der Waals surface area contributed by atoms with Crippen LogP contribution in [0.4, 0.5) is 18.9 Å². The summed E-state index contributed by atoms with van der Waals surface area (Å²) in [4.78, 5) is 20.3. The van der Waals surface area contributed by atoms with Gasteiger partial charge in [-0.2, -0.15) is 18.3 Å². The minimum absolute atomic E-state index is 0.329. The maximum Gasteiger partial charge on any atom is 0.433 e. The van der Waals surface area contributed by atoms with E-state index in [1.165, 1.54) is 31.7 Å². The lowest BCUT2D eigenvalue weighted by Gasteiger charge is -2.13. The Morgan fingerprint density at radius 1 is 1.13 bits per heavy atom. The summed E-state index contributed by atoms with van der Waals surface area (Å²) >= 11 is 0. The number of ether oxygens (including phenoxy) is 1. The minimum Gasteiger partial charge on any atom is -0.493 e. The first-order valence-electron chi connectivity index (χ1n) is 12.4. The summed E-state index contributed by atoms with van der Waals surface area (Å²) < 4.78 is 46.8. The number of pyridine rings is 2. The van der Waals surface area contributed by atoms with Crippen molar-refractivity contribution < 1.29 is 22.7 Å². The Bertz CT molecular complexity index is 1440. The molecule has 0 saturated heterocycles. The molecule has 38 heavy (non-hydrogen) atoms. The van der Waals surface area contributed by atoms with Crippen LogP contribution >= 0.6 is 0 Å². The van der Waals surface area contributed by atoms with Crippen LogP contribution in [-0.2, 0) is 6.18 Å². The van der Waals surface area contributed by atoms with Crippen LogP contribution in [0, 0.1) is 12.8 Å². The summed E-state index contributed by atoms with van der Waals surface area (Å²) in [5.41, 5.74) is 2.18. The van der Waals surface area contributed by atoms with Gasteiger partial charge in [0.1, 0.15) is 17.1 Å². The molecule has 1 saturated carbocycles. The summed E-state index contributed by atoms with van der Waals surface area (Å²) in [7, 11) is 0. The van der Waals surface area contributed by atoms with E-state index in [-0.39, 0.29) is 5.69 Å². The van der Waals surface area contributed by atoms with Gasteiger partial charge in [0, 0.05) is 35.4 Å². The fraction of sp³-hybridized carbons (Fsp3) is 0.286. The Labute approximate surface area is 217 Å². The molecule has 1 fully saturated rings. The first-order chi connectivity index (χ1) is 18.3. The molecule has 196 valence electrons. The SMILES string of the molecule is Cc1ccc(NC(=O)c2cccc(C(F)(F)F)n2)cc1-n1cc(-c2cnccc2OCC2CCCC2)cn1. The molecule has 0 atom stereocenters. The van der Waals surface area contributed by atoms with Gasteiger partial charge in [0.05, 0.1) is 18.5 Å². The highest BCUT2D eigenvalue weighted by Gasteiger charge is 2.33. The minimum atomic E-state index is -4.64. The van der Waals surface area contributed by atoms with Crippen molar-refractivity contribution in [1.82, 2.24) is 19.7 Å². The molecule has 0 radical (unpaired) electrons. The molecule has 0 aliphatic heterocycles. The number of alkyl halides is 3. The Morgan fingerprint density at radius 2 is 1.95 bits per heavy atom. The van der Waals surface area contributed by atoms with Crippen LogP contribution in [0.25, 0.3) is 16.8 Å². The predicted molar refractivity (Wildman–Crippen MR) is 136 cm³/mol. The second kappa shape index (κ2) is 10.6. The number of amides is 1. The zero-order valence-corrected chi connectivity index (χ0v) is 20.7. The zero-order valence-electron chi connectivity index (χ0n) is 20.7. The average Bonchev–Trinajstić information content (AvgIpc) is 3.61. The number of aromatic nitrogens is 4. The van der Waals surface area contributed by atoms with E-state index in [0.29, 0.717) is 23.9 Å². The third-order valence-corrected chi connectivity index (χ3v) is 6.61. The van der Waals surface area contributed by atoms with E-state index in [0.717, 1.165) is 34.6 Å². The largest absolute Gasteiger partial charge is 0.493 e. The molecule has 0 bridgehead atoms. The van der Waals surface area contributed by atoms with Crippen LogP contribution < -0.4 is 10.1 Å². The number of rotatable bonds is 7. The smallest absolute Gasteiger partial charge is 0.433 e. The van der Waals surface area contributed by atoms with Crippen LogP contribution in [0.5, 0.6) is 5.75 Å². The second-order valence-corrected chi connectivity index (χ2v) is 9.37. The van der Waals surface area contributed by atoms with Crippen molar-refractivity contribution in [3.05, 3.63) is 84.2 Å². The average molecular weight is 522 g/mol. The van der Waals surface area contributed by atoms with E-state index in [9.17, 15) is 18.0 Å². The number of anilines is 1. The number of hydrogen-bond acceptors (Lipinski definition) is 5. The lowest BCUT2D eigenvalue weighted by Crippen LogP contribution is -2.17. The number of carbonyl (C=O) groups excluding carboxylic acids is 1. The van der Waals surface area contributed by atoms with E-state index < -0.39 is 17.8 Å². The van der Waals surface area contributed by atoms with Gasteiger partial charge in [0.15, 0.2) is 0 Å². The van der Waals surface area contributed by atoms with Gasteiger partial charge < -0.3 is 10.1 Å². The Kier molecular flexibility index (Phi) is 7.13. The molecule has 0 spiro atoms. The van der Waals surface area contributed by atoms with Crippen molar-refractivity contribution in [2.45, 2.75) is 38.8 Å². The summed E-state index contributed by atoms with van der Waals surface area (Å²) in [5.74, 6) is 0.578. The molecule has 1 N–H and O–H groups in total. The van der Waals surface area contributed by atoms with Gasteiger partial charge in [-0.05, 0) is 61.6 Å². The number of nitrogens with zero attached hydrogens (tertiary/aromatic N) is 4. The number of hydrogen-bond donors (Lipinski definition) is 1. The Hall–Kier alpha value is -4.21. The number of benzene rings is 1. The van der Waals surface area contributed by atoms with E-state index in [1.54, 1.807) is 41.5 Å². The zero-order chi connectivity index (χ0) is 26.7. The molecular weight excluding hydrogens is 495 g/mol. The first kappa shape index (κ1) is 25.4. The van der Waals surface area contributed by atoms with Gasteiger partial charge in [0.25, 0.3) is 5.91 Å². The topological polar surface area (TPSA) is 81.9 Å². The quantitative estimate of drug-likeness (QED) is 0.301. The third-order valence-electron chi connectivity index (χ3n) is 6.61. The fourth-order valence-electron chi connectivity index (χ4n) is 4.55. The second-order valence-electron chi connectivity index (χ2n) is 9.37. The standard InChI is InChI=1S/C28H26F3N5O2/c1-18-9-10-21(34-27(37)23-7-4-8-26(35-23)28(29,30)31)13-24(18)36-16-20(14-33-36)22-15-32-12-11-25(22)38-17-19-5-2-3-6-19/h4,7-16,19H,2-3,5-6,17H2,1H3,(H,34,37). The van der Waals surface area contributed by atoms with E-state index in [4.69, 9.17) is 4.74 Å². The van der Waals surface area contributed by atoms with Crippen LogP contribution in [-0.4, -0.2) is 32.3 Å². The van der Waals surface area contributed by atoms with Crippen LogP contribution in [0.1, 0.15) is 47.4 Å². The van der Waals surface area contributed by atoms with Crippen molar-refractivity contribution in [3.8, 4) is 22.6 Å². The summed E-state index contributed by atoms with van der Waals surface area (Å²) in [6, 6.07) is 10.2. The van der Waals surface area contributed by atoms with Crippen molar-refractivity contribution in [2.75, 3.05) is 11.9 Å². The normalized spacial score (nSPS) is 14.0. The first-order valence-corrected chi connectivity index (χ1v) is 12.4. The van der Waals surface area contributed by atoms with Gasteiger partial charge in [0.2, 0.25) is 0 Å². The highest BCUT2D eigenvalue weighted by molar-refractivity contribution is 6.03. The Morgan fingerprint density at radius 3 is 2.74 bits per heavy atom. The molecule has 1 aliphatic rings. The summed E-state index contributed by atoms with van der Waals surface area (Å²) in [6.45, 7) is 2.57. The molecule has 3 aromatic heterocycles. The van der Waals surface area contributed by atoms with Crippen LogP contribution in [0.3, 0.4) is 0 Å². The van der Waals surface area contributed by atoms with Gasteiger partial charge in [-0.15, -0.1) is 0 Å². The monoisotopic (exact) mass is 521 g/mol. The highest BCUT2D eigenvalue weighted by Crippen LogP contribution is 2.32. The molecule has 0 unspecified atom stereocenters. The van der Waals surface area contributed by atoms with Gasteiger partial charge in [-0.25, -0.2) is 9.67 Å². The third kappa shape index (κ3) is 5.69. The van der Waals surface area contributed by atoms with Gasteiger partial charge in [-0.3, -0.25) is 9.78 Å². The molecule has 3 heterocycles. The number of nitrogens with one attached hydrogen (secondary N) is 1. The number of aryl methyl sites for hydroxylation is 1. The summed E-state index contributed by atoms with van der Waals surface area (Å²) in [6.07, 6.45) is 7.25. The molecule has 5 rings (SSSR count). The van der Waals surface area contributed by atoms with Crippen molar-refractivity contribution >= 4 is 11.6 Å². The Balaban J connectivity index is 1.35. The molecular formula is C28H26F3N5O2. The molecule has 10 heteroatoms. The van der Waals surface area contributed by atoms with Crippen LogP contribution in [0.15, 0.2) is 67.3 Å². The van der Waals surface area contributed by atoms with Crippen molar-refractivity contribution in [3.63, 3.8) is 0 Å². The van der Waals surface area contributed by atoms with Gasteiger partial charge in [-0.1, -0.05) is 25.0 Å². The molecule has 4 aromatic rings. The van der Waals surface area contributed by atoms with E-state index in [1.807, 2.05) is 19.2 Å². The molecule has 7 nitrogen and oxygen atoms in total.